The molecule has 1 aromatic heterocycles. The number of hydrogen-bond acceptors (Lipinski definition) is 7. The SMILES string of the molecule is COc1ccc(CN([C@H](Cc2cccs2)C(=O)NO)S(=O)(=O)c2ccc(O)cc2)cc1. The van der Waals surface area contributed by atoms with Gasteiger partial charge in [-0.3, -0.25) is 10.0 Å². The Bertz CT molecular complexity index is 1100. The summed E-state index contributed by atoms with van der Waals surface area (Å²) in [5.41, 5.74) is 2.22. The number of nitrogens with one attached hydrogen (secondary N) is 1. The summed E-state index contributed by atoms with van der Waals surface area (Å²) in [5.74, 6) is -0.312. The summed E-state index contributed by atoms with van der Waals surface area (Å²) in [6.07, 6.45) is 0.0809. The summed E-state index contributed by atoms with van der Waals surface area (Å²) in [4.78, 5) is 13.3. The Hall–Kier alpha value is -2.92. The molecular formula is C21H22N2O6S2. The fraction of sp³-hybridized carbons (Fsp3) is 0.190. The summed E-state index contributed by atoms with van der Waals surface area (Å²) >= 11 is 1.38. The monoisotopic (exact) mass is 462 g/mol. The van der Waals surface area contributed by atoms with Gasteiger partial charge in [0.1, 0.15) is 17.5 Å². The highest BCUT2D eigenvalue weighted by Gasteiger charge is 2.36. The first kappa shape index (κ1) is 22.8. The van der Waals surface area contributed by atoms with E-state index in [4.69, 9.17) is 4.74 Å². The molecule has 0 bridgehead atoms. The number of rotatable bonds is 9. The van der Waals surface area contributed by atoms with E-state index in [1.54, 1.807) is 41.9 Å². The number of thiophene rings is 1. The van der Waals surface area contributed by atoms with E-state index in [1.807, 2.05) is 5.38 Å². The molecule has 8 nitrogen and oxygen atoms in total. The minimum Gasteiger partial charge on any atom is -0.508 e. The van der Waals surface area contributed by atoms with Gasteiger partial charge in [-0.1, -0.05) is 18.2 Å². The van der Waals surface area contributed by atoms with E-state index in [2.05, 4.69) is 0 Å². The highest BCUT2D eigenvalue weighted by Crippen LogP contribution is 2.26. The number of aromatic hydroxyl groups is 1. The molecule has 3 N–H and O–H groups in total. The Morgan fingerprint density at radius 2 is 1.81 bits per heavy atom. The van der Waals surface area contributed by atoms with Crippen LogP contribution in [0.15, 0.2) is 70.9 Å². The summed E-state index contributed by atoms with van der Waals surface area (Å²) in [7, 11) is -2.64. The molecule has 3 rings (SSSR count). The number of nitrogens with zero attached hydrogens (tertiary/aromatic N) is 1. The fourth-order valence-corrected chi connectivity index (χ4v) is 5.36. The average Bonchev–Trinajstić information content (AvgIpc) is 3.29. The molecule has 0 aliphatic rings. The lowest BCUT2D eigenvalue weighted by Crippen LogP contribution is -2.49. The molecule has 0 spiro atoms. The van der Waals surface area contributed by atoms with Crippen molar-refractivity contribution in [2.24, 2.45) is 0 Å². The number of phenolic OH excluding ortho intramolecular Hbond substituents is 1. The van der Waals surface area contributed by atoms with Gasteiger partial charge >= 0.3 is 0 Å². The van der Waals surface area contributed by atoms with E-state index >= 15 is 0 Å². The van der Waals surface area contributed by atoms with E-state index in [-0.39, 0.29) is 23.6 Å². The average molecular weight is 463 g/mol. The molecule has 1 heterocycles. The van der Waals surface area contributed by atoms with Crippen LogP contribution in [0.4, 0.5) is 0 Å². The lowest BCUT2D eigenvalue weighted by Gasteiger charge is -2.29. The molecule has 0 unspecified atom stereocenters. The second-order valence-corrected chi connectivity index (χ2v) is 9.59. The van der Waals surface area contributed by atoms with Crippen LogP contribution in [-0.4, -0.2) is 42.1 Å². The molecule has 0 saturated heterocycles. The molecule has 0 aliphatic heterocycles. The maximum atomic E-state index is 13.5. The maximum absolute atomic E-state index is 13.5. The topological polar surface area (TPSA) is 116 Å². The smallest absolute Gasteiger partial charge is 0.262 e. The van der Waals surface area contributed by atoms with Gasteiger partial charge < -0.3 is 9.84 Å². The van der Waals surface area contributed by atoms with E-state index in [1.165, 1.54) is 42.7 Å². The summed E-state index contributed by atoms with van der Waals surface area (Å²) in [6.45, 7) is -0.114. The van der Waals surface area contributed by atoms with E-state index in [0.717, 1.165) is 9.18 Å². The normalized spacial score (nSPS) is 12.5. The Kier molecular flexibility index (Phi) is 7.29. The molecule has 0 aliphatic carbocycles. The van der Waals surface area contributed by atoms with Gasteiger partial charge in [-0.25, -0.2) is 13.9 Å². The van der Waals surface area contributed by atoms with Crippen LogP contribution in [0.2, 0.25) is 0 Å². The molecule has 10 heteroatoms. The van der Waals surface area contributed by atoms with Crippen LogP contribution in [0.1, 0.15) is 10.4 Å². The van der Waals surface area contributed by atoms with E-state index < -0.39 is 22.0 Å². The van der Waals surface area contributed by atoms with Gasteiger partial charge in [0.15, 0.2) is 0 Å². The molecule has 3 aromatic rings. The first-order valence-electron chi connectivity index (χ1n) is 9.25. The van der Waals surface area contributed by atoms with Crippen LogP contribution < -0.4 is 10.2 Å². The third kappa shape index (κ3) is 5.42. The number of sulfonamides is 1. The number of hydroxylamine groups is 1. The summed E-state index contributed by atoms with van der Waals surface area (Å²) in [6, 6.07) is 14.3. The van der Waals surface area contributed by atoms with Crippen LogP contribution in [-0.2, 0) is 27.8 Å². The van der Waals surface area contributed by atoms with E-state index in [9.17, 15) is 23.5 Å². The van der Waals surface area contributed by atoms with Gasteiger partial charge in [-0.15, -0.1) is 11.3 Å². The summed E-state index contributed by atoms with van der Waals surface area (Å²) < 4.78 is 33.2. The Labute approximate surface area is 184 Å². The van der Waals surface area contributed by atoms with Gasteiger partial charge in [0.05, 0.1) is 12.0 Å². The lowest BCUT2D eigenvalue weighted by molar-refractivity contribution is -0.133. The maximum Gasteiger partial charge on any atom is 0.262 e. The minimum absolute atomic E-state index is 0.0797. The zero-order valence-electron chi connectivity index (χ0n) is 16.6. The largest absolute Gasteiger partial charge is 0.508 e. The molecule has 0 radical (unpaired) electrons. The van der Waals surface area contributed by atoms with Crippen LogP contribution in [0.5, 0.6) is 11.5 Å². The fourth-order valence-electron chi connectivity index (χ4n) is 3.05. The van der Waals surface area contributed by atoms with Crippen molar-refractivity contribution in [2.75, 3.05) is 7.11 Å². The first-order valence-corrected chi connectivity index (χ1v) is 11.6. The van der Waals surface area contributed by atoms with Crippen LogP contribution in [0.25, 0.3) is 0 Å². The Morgan fingerprint density at radius 3 is 2.35 bits per heavy atom. The minimum atomic E-state index is -4.17. The number of carbonyl (C=O) groups excluding carboxylic acids is 1. The molecular weight excluding hydrogens is 440 g/mol. The van der Waals surface area contributed by atoms with Crippen molar-refractivity contribution in [2.45, 2.75) is 23.9 Å². The van der Waals surface area contributed by atoms with Crippen molar-refractivity contribution in [1.82, 2.24) is 9.79 Å². The number of phenols is 1. The van der Waals surface area contributed by atoms with Crippen LogP contribution in [0, 0.1) is 0 Å². The summed E-state index contributed by atoms with van der Waals surface area (Å²) in [5, 5.41) is 20.7. The zero-order valence-corrected chi connectivity index (χ0v) is 18.3. The van der Waals surface area contributed by atoms with Gasteiger partial charge in [0, 0.05) is 17.8 Å². The molecule has 1 atom stereocenters. The second kappa shape index (κ2) is 9.92. The molecule has 0 fully saturated rings. The molecule has 0 saturated carbocycles. The van der Waals surface area contributed by atoms with Crippen molar-refractivity contribution in [3.63, 3.8) is 0 Å². The Balaban J connectivity index is 2.05. The van der Waals surface area contributed by atoms with Gasteiger partial charge in [0.25, 0.3) is 5.91 Å². The predicted octanol–water partition coefficient (Wildman–Crippen LogP) is 2.77. The lowest BCUT2D eigenvalue weighted by atomic mass is 10.1. The number of benzene rings is 2. The zero-order chi connectivity index (χ0) is 22.4. The predicted molar refractivity (Wildman–Crippen MR) is 116 cm³/mol. The standard InChI is InChI=1S/C21H22N2O6S2/c1-29-17-8-4-15(5-9-17)14-23(31(27,28)19-10-6-16(24)7-11-19)20(21(25)22-26)13-18-3-2-12-30-18/h2-12,20,24,26H,13-14H2,1H3,(H,22,25)/t20-/m1/s1. The van der Waals surface area contributed by atoms with Gasteiger partial charge in [0.2, 0.25) is 10.0 Å². The van der Waals surface area contributed by atoms with Crippen molar-refractivity contribution in [1.29, 1.82) is 0 Å². The van der Waals surface area contributed by atoms with Crippen molar-refractivity contribution in [3.8, 4) is 11.5 Å². The number of methoxy groups -OCH3 is 1. The highest BCUT2D eigenvalue weighted by molar-refractivity contribution is 7.89. The third-order valence-corrected chi connectivity index (χ3v) is 7.44. The third-order valence-electron chi connectivity index (χ3n) is 4.68. The van der Waals surface area contributed by atoms with Gasteiger partial charge in [-0.05, 0) is 53.4 Å². The van der Waals surface area contributed by atoms with Crippen molar-refractivity contribution >= 4 is 27.3 Å². The number of hydrogen-bond donors (Lipinski definition) is 3. The number of amides is 1. The van der Waals surface area contributed by atoms with Gasteiger partial charge in [-0.2, -0.15) is 4.31 Å². The molecule has 2 aromatic carbocycles. The highest BCUT2D eigenvalue weighted by atomic mass is 32.2. The number of carbonyl (C=O) groups is 1. The second-order valence-electron chi connectivity index (χ2n) is 6.67. The molecule has 164 valence electrons. The van der Waals surface area contributed by atoms with Crippen LogP contribution >= 0.6 is 11.3 Å². The first-order chi connectivity index (χ1) is 14.8. The molecule has 1 amide bonds. The quantitative estimate of drug-likeness (QED) is 0.333. The van der Waals surface area contributed by atoms with Crippen molar-refractivity contribution < 1.29 is 28.3 Å². The van der Waals surface area contributed by atoms with Crippen molar-refractivity contribution in [3.05, 3.63) is 76.5 Å². The van der Waals surface area contributed by atoms with Crippen LogP contribution in [0.3, 0.4) is 0 Å². The Morgan fingerprint density at radius 1 is 1.13 bits per heavy atom. The van der Waals surface area contributed by atoms with E-state index in [0.29, 0.717) is 11.3 Å². The molecule has 31 heavy (non-hydrogen) atoms. The number of ether oxygens (including phenoxy) is 1.